The van der Waals surface area contributed by atoms with E-state index in [-0.39, 0.29) is 11.2 Å². The molecule has 0 aromatic carbocycles. The molecule has 2 heteroatoms. The van der Waals surface area contributed by atoms with Gasteiger partial charge >= 0.3 is 0 Å². The van der Waals surface area contributed by atoms with Crippen LogP contribution in [0.15, 0.2) is 0 Å². The Balaban J connectivity index is 3.25. The fourth-order valence-electron chi connectivity index (χ4n) is 0.458. The molecule has 0 bridgehead atoms. The smallest absolute Gasteiger partial charge is 0.134 e. The highest BCUT2D eigenvalue weighted by atomic mass is 35.5. The van der Waals surface area contributed by atoms with E-state index in [0.717, 1.165) is 0 Å². The lowest BCUT2D eigenvalue weighted by atomic mass is 10.2. The molecule has 48 valence electrons. The number of carbonyl (C=O) groups is 1. The van der Waals surface area contributed by atoms with Gasteiger partial charge in [0.1, 0.15) is 5.78 Å². The van der Waals surface area contributed by atoms with Crippen LogP contribution in [0, 0.1) is 0 Å². The minimum atomic E-state index is 0.00227. The van der Waals surface area contributed by atoms with Crippen LogP contribution < -0.4 is 0 Å². The molecule has 8 heavy (non-hydrogen) atoms. The Morgan fingerprint density at radius 2 is 2.25 bits per heavy atom. The van der Waals surface area contributed by atoms with Gasteiger partial charge < -0.3 is 0 Å². The SMILES string of the molecule is CCC(=O)CC(C)Cl. The number of hydrogen-bond donors (Lipinski definition) is 0. The topological polar surface area (TPSA) is 17.1 Å². The molecule has 0 amide bonds. The Morgan fingerprint density at radius 1 is 1.75 bits per heavy atom. The Morgan fingerprint density at radius 3 is 2.38 bits per heavy atom. The van der Waals surface area contributed by atoms with Gasteiger partial charge in [0.25, 0.3) is 0 Å². The lowest BCUT2D eigenvalue weighted by Gasteiger charge is -1.96. The lowest BCUT2D eigenvalue weighted by molar-refractivity contribution is -0.118. The van der Waals surface area contributed by atoms with Crippen LogP contribution in [-0.2, 0) is 4.79 Å². The van der Waals surface area contributed by atoms with Gasteiger partial charge in [-0.1, -0.05) is 6.92 Å². The van der Waals surface area contributed by atoms with Crippen molar-refractivity contribution in [2.24, 2.45) is 0 Å². The van der Waals surface area contributed by atoms with Crippen molar-refractivity contribution in [1.82, 2.24) is 0 Å². The largest absolute Gasteiger partial charge is 0.300 e. The Hall–Kier alpha value is -0.0400. The van der Waals surface area contributed by atoms with E-state index in [2.05, 4.69) is 0 Å². The molecule has 1 nitrogen and oxygen atoms in total. The van der Waals surface area contributed by atoms with Crippen molar-refractivity contribution in [1.29, 1.82) is 0 Å². The second kappa shape index (κ2) is 3.90. The van der Waals surface area contributed by atoms with Crippen molar-refractivity contribution in [3.8, 4) is 0 Å². The monoisotopic (exact) mass is 134 g/mol. The second-order valence-electron chi connectivity index (χ2n) is 1.88. The van der Waals surface area contributed by atoms with E-state index >= 15 is 0 Å². The molecular weight excluding hydrogens is 124 g/mol. The van der Waals surface area contributed by atoms with Gasteiger partial charge in [0.05, 0.1) is 0 Å². The zero-order valence-corrected chi connectivity index (χ0v) is 6.03. The fraction of sp³-hybridized carbons (Fsp3) is 0.833. The first-order chi connectivity index (χ1) is 3.66. The number of hydrogen-bond acceptors (Lipinski definition) is 1. The summed E-state index contributed by atoms with van der Waals surface area (Å²) >= 11 is 5.53. The van der Waals surface area contributed by atoms with E-state index in [9.17, 15) is 4.79 Å². The average molecular weight is 135 g/mol. The Labute approximate surface area is 55.0 Å². The molecule has 1 unspecified atom stereocenters. The van der Waals surface area contributed by atoms with Crippen molar-refractivity contribution >= 4 is 17.4 Å². The van der Waals surface area contributed by atoms with Crippen LogP contribution in [0.3, 0.4) is 0 Å². The molecule has 0 saturated carbocycles. The number of alkyl halides is 1. The summed E-state index contributed by atoms with van der Waals surface area (Å²) in [5.74, 6) is 0.243. The summed E-state index contributed by atoms with van der Waals surface area (Å²) in [7, 11) is 0. The van der Waals surface area contributed by atoms with Crippen molar-refractivity contribution in [2.45, 2.75) is 32.1 Å². The third-order valence-electron chi connectivity index (χ3n) is 0.903. The van der Waals surface area contributed by atoms with Crippen molar-refractivity contribution < 1.29 is 4.79 Å². The average Bonchev–Trinajstić information content (AvgIpc) is 1.65. The first-order valence-corrected chi connectivity index (χ1v) is 3.26. The van der Waals surface area contributed by atoms with Gasteiger partial charge in [-0.15, -0.1) is 11.6 Å². The first kappa shape index (κ1) is 7.96. The van der Waals surface area contributed by atoms with E-state index in [4.69, 9.17) is 11.6 Å². The maximum Gasteiger partial charge on any atom is 0.134 e. The predicted octanol–water partition coefficient (Wildman–Crippen LogP) is 1.98. The molecule has 0 fully saturated rings. The highest BCUT2D eigenvalue weighted by molar-refractivity contribution is 6.21. The number of halogens is 1. The molecule has 0 radical (unpaired) electrons. The highest BCUT2D eigenvalue weighted by Gasteiger charge is 2.01. The molecule has 0 aliphatic carbocycles. The number of Topliss-reactive ketones (excluding diaryl/α,β-unsaturated/α-hetero) is 1. The van der Waals surface area contributed by atoms with Gasteiger partial charge in [-0.25, -0.2) is 0 Å². The van der Waals surface area contributed by atoms with Crippen molar-refractivity contribution in [3.63, 3.8) is 0 Å². The second-order valence-corrected chi connectivity index (χ2v) is 2.62. The summed E-state index contributed by atoms with van der Waals surface area (Å²) < 4.78 is 0. The van der Waals surface area contributed by atoms with Crippen LogP contribution >= 0.6 is 11.6 Å². The minimum Gasteiger partial charge on any atom is -0.300 e. The number of rotatable bonds is 3. The highest BCUT2D eigenvalue weighted by Crippen LogP contribution is 2.01. The van der Waals surface area contributed by atoms with Crippen LogP contribution in [0.2, 0.25) is 0 Å². The van der Waals surface area contributed by atoms with Crippen LogP contribution in [-0.4, -0.2) is 11.2 Å². The molecule has 0 saturated heterocycles. The summed E-state index contributed by atoms with van der Waals surface area (Å²) in [6, 6.07) is 0. The van der Waals surface area contributed by atoms with Crippen LogP contribution in [0.1, 0.15) is 26.7 Å². The lowest BCUT2D eigenvalue weighted by Crippen LogP contribution is -2.01. The van der Waals surface area contributed by atoms with Gasteiger partial charge in [0.2, 0.25) is 0 Å². The van der Waals surface area contributed by atoms with E-state index in [1.54, 1.807) is 0 Å². The zero-order chi connectivity index (χ0) is 6.57. The van der Waals surface area contributed by atoms with Crippen LogP contribution in [0.4, 0.5) is 0 Å². The van der Waals surface area contributed by atoms with Gasteiger partial charge in [-0.3, -0.25) is 4.79 Å². The fourth-order valence-corrected chi connectivity index (χ4v) is 0.630. The molecule has 0 aromatic heterocycles. The normalized spacial score (nSPS) is 13.4. The summed E-state index contributed by atoms with van der Waals surface area (Å²) in [5.41, 5.74) is 0. The first-order valence-electron chi connectivity index (χ1n) is 2.82. The van der Waals surface area contributed by atoms with Crippen molar-refractivity contribution in [3.05, 3.63) is 0 Å². The summed E-state index contributed by atoms with van der Waals surface area (Å²) in [6.45, 7) is 3.68. The van der Waals surface area contributed by atoms with E-state index in [1.165, 1.54) is 0 Å². The van der Waals surface area contributed by atoms with E-state index < -0.39 is 0 Å². The van der Waals surface area contributed by atoms with E-state index in [0.29, 0.717) is 12.8 Å². The maximum absolute atomic E-state index is 10.5. The number of ketones is 1. The molecule has 0 aliphatic rings. The van der Waals surface area contributed by atoms with Crippen LogP contribution in [0.5, 0.6) is 0 Å². The van der Waals surface area contributed by atoms with E-state index in [1.807, 2.05) is 13.8 Å². The van der Waals surface area contributed by atoms with Gasteiger partial charge in [-0.05, 0) is 6.92 Å². The number of carbonyl (C=O) groups excluding carboxylic acids is 1. The quantitative estimate of drug-likeness (QED) is 0.540. The van der Waals surface area contributed by atoms with Gasteiger partial charge in [0.15, 0.2) is 0 Å². The maximum atomic E-state index is 10.5. The summed E-state index contributed by atoms with van der Waals surface area (Å²) in [5, 5.41) is 0.00227. The Kier molecular flexibility index (Phi) is 3.88. The Bertz CT molecular complexity index is 78.6. The predicted molar refractivity (Wildman–Crippen MR) is 35.2 cm³/mol. The molecule has 0 N–H and O–H groups in total. The molecule has 0 spiro atoms. The standard InChI is InChI=1S/C6H11ClO/c1-3-6(8)4-5(2)7/h5H,3-4H2,1-2H3. The minimum absolute atomic E-state index is 0.00227. The molecule has 0 aromatic rings. The molecule has 0 aliphatic heterocycles. The molecule has 1 atom stereocenters. The van der Waals surface area contributed by atoms with Gasteiger partial charge in [0, 0.05) is 18.2 Å². The third kappa shape index (κ3) is 4.13. The third-order valence-corrected chi connectivity index (χ3v) is 1.06. The molecule has 0 heterocycles. The van der Waals surface area contributed by atoms with Gasteiger partial charge in [-0.2, -0.15) is 0 Å². The van der Waals surface area contributed by atoms with Crippen LogP contribution in [0.25, 0.3) is 0 Å². The van der Waals surface area contributed by atoms with Crippen molar-refractivity contribution in [2.75, 3.05) is 0 Å². The molecule has 0 rings (SSSR count). The summed E-state index contributed by atoms with van der Waals surface area (Å²) in [6.07, 6.45) is 1.12. The zero-order valence-electron chi connectivity index (χ0n) is 5.28. The molecular formula is C6H11ClO. The summed E-state index contributed by atoms with van der Waals surface area (Å²) in [4.78, 5) is 10.5.